The van der Waals surface area contributed by atoms with Gasteiger partial charge in [0.1, 0.15) is 0 Å². The van der Waals surface area contributed by atoms with Gasteiger partial charge < -0.3 is 14.7 Å². The number of carboxylic acids is 1. The Bertz CT molecular complexity index is 483. The maximum absolute atomic E-state index is 12.2. The predicted molar refractivity (Wildman–Crippen MR) is 61.2 cm³/mol. The van der Waals surface area contributed by atoms with Crippen LogP contribution in [0.25, 0.3) is 0 Å². The minimum Gasteiger partial charge on any atom is -0.479 e. The van der Waals surface area contributed by atoms with E-state index in [4.69, 9.17) is 9.84 Å². The zero-order valence-electron chi connectivity index (χ0n) is 10.3. The highest BCUT2D eigenvalue weighted by atomic mass is 16.5. The number of hydrogen-bond donors (Lipinski definition) is 1. The summed E-state index contributed by atoms with van der Waals surface area (Å²) in [5.41, 5.74) is 1.14. The minimum absolute atomic E-state index is 0.0719. The van der Waals surface area contributed by atoms with Crippen LogP contribution in [0.5, 0.6) is 0 Å². The summed E-state index contributed by atoms with van der Waals surface area (Å²) in [7, 11) is 1.74. The van der Waals surface area contributed by atoms with E-state index in [9.17, 15) is 9.59 Å². The van der Waals surface area contributed by atoms with E-state index in [1.165, 1.54) is 4.90 Å². The Morgan fingerprint density at radius 2 is 2.28 bits per heavy atom. The fourth-order valence-corrected chi connectivity index (χ4v) is 1.96. The van der Waals surface area contributed by atoms with Crippen LogP contribution < -0.4 is 0 Å². The molecule has 1 aromatic heterocycles. The van der Waals surface area contributed by atoms with Gasteiger partial charge >= 0.3 is 5.97 Å². The van der Waals surface area contributed by atoms with Crippen molar-refractivity contribution in [3.8, 4) is 0 Å². The number of amides is 1. The topological polar surface area (TPSA) is 84.7 Å². The number of rotatable bonds is 2. The number of hydrogen-bond acceptors (Lipinski definition) is 4. The van der Waals surface area contributed by atoms with Crippen LogP contribution in [-0.2, 0) is 16.6 Å². The van der Waals surface area contributed by atoms with Crippen LogP contribution in [-0.4, -0.2) is 57.5 Å². The van der Waals surface area contributed by atoms with Crippen molar-refractivity contribution in [3.63, 3.8) is 0 Å². The van der Waals surface area contributed by atoms with E-state index in [2.05, 4.69) is 5.10 Å². The van der Waals surface area contributed by atoms with E-state index < -0.39 is 12.1 Å². The molecule has 1 atom stereocenters. The van der Waals surface area contributed by atoms with Crippen molar-refractivity contribution in [2.75, 3.05) is 19.7 Å². The predicted octanol–water partition coefficient (Wildman–Crippen LogP) is -0.346. The molecule has 1 unspecified atom stereocenters. The largest absolute Gasteiger partial charge is 0.479 e. The standard InChI is InChI=1S/C11H15N3O4/c1-7-8(5-13(2)12-7)10(15)14-3-4-18-9(6-14)11(16)17/h5,9H,3-4,6H2,1-2H3,(H,16,17). The SMILES string of the molecule is Cc1nn(C)cc1C(=O)N1CCOC(C(=O)O)C1. The van der Waals surface area contributed by atoms with Crippen LogP contribution in [0.15, 0.2) is 6.20 Å². The molecule has 2 rings (SSSR count). The molecule has 7 heteroatoms. The Labute approximate surface area is 104 Å². The van der Waals surface area contributed by atoms with Crippen LogP contribution in [0.1, 0.15) is 16.1 Å². The van der Waals surface area contributed by atoms with Crippen molar-refractivity contribution in [3.05, 3.63) is 17.5 Å². The van der Waals surface area contributed by atoms with E-state index >= 15 is 0 Å². The van der Waals surface area contributed by atoms with Gasteiger partial charge in [0.25, 0.3) is 5.91 Å². The van der Waals surface area contributed by atoms with Crippen LogP contribution in [0.3, 0.4) is 0 Å². The Hall–Kier alpha value is -1.89. The number of aliphatic carboxylic acids is 1. The molecule has 0 aromatic carbocycles. The molecule has 1 saturated heterocycles. The molecule has 1 aliphatic rings. The lowest BCUT2D eigenvalue weighted by Crippen LogP contribution is -2.48. The van der Waals surface area contributed by atoms with Crippen LogP contribution in [0.4, 0.5) is 0 Å². The van der Waals surface area contributed by atoms with Gasteiger partial charge in [-0.05, 0) is 6.92 Å². The number of carbonyl (C=O) groups excluding carboxylic acids is 1. The van der Waals surface area contributed by atoms with Crippen molar-refractivity contribution >= 4 is 11.9 Å². The molecule has 98 valence electrons. The first-order chi connectivity index (χ1) is 8.49. The maximum Gasteiger partial charge on any atom is 0.334 e. The van der Waals surface area contributed by atoms with E-state index in [0.29, 0.717) is 17.8 Å². The number of ether oxygens (including phenoxy) is 1. The molecular weight excluding hydrogens is 238 g/mol. The summed E-state index contributed by atoms with van der Waals surface area (Å²) < 4.78 is 6.64. The summed E-state index contributed by atoms with van der Waals surface area (Å²) >= 11 is 0. The molecule has 1 N–H and O–H groups in total. The van der Waals surface area contributed by atoms with Crippen molar-refractivity contribution in [2.24, 2.45) is 7.05 Å². The fourth-order valence-electron chi connectivity index (χ4n) is 1.96. The molecule has 2 heterocycles. The number of aromatic nitrogens is 2. The van der Waals surface area contributed by atoms with E-state index in [1.54, 1.807) is 24.9 Å². The molecule has 0 bridgehead atoms. The van der Waals surface area contributed by atoms with Gasteiger partial charge in [-0.25, -0.2) is 4.79 Å². The molecule has 1 aromatic rings. The second kappa shape index (κ2) is 4.77. The van der Waals surface area contributed by atoms with Crippen LogP contribution in [0, 0.1) is 6.92 Å². The van der Waals surface area contributed by atoms with Gasteiger partial charge in [0.2, 0.25) is 0 Å². The second-order valence-electron chi connectivity index (χ2n) is 4.25. The number of nitrogens with zero attached hydrogens (tertiary/aromatic N) is 3. The molecular formula is C11H15N3O4. The Morgan fingerprint density at radius 1 is 1.56 bits per heavy atom. The lowest BCUT2D eigenvalue weighted by atomic mass is 10.2. The molecule has 0 aliphatic carbocycles. The summed E-state index contributed by atoms with van der Waals surface area (Å²) in [4.78, 5) is 24.6. The summed E-state index contributed by atoms with van der Waals surface area (Å²) in [5, 5.41) is 13.0. The summed E-state index contributed by atoms with van der Waals surface area (Å²) in [5.74, 6) is -1.24. The van der Waals surface area contributed by atoms with Crippen molar-refractivity contribution in [2.45, 2.75) is 13.0 Å². The molecule has 1 aliphatic heterocycles. The van der Waals surface area contributed by atoms with Crippen molar-refractivity contribution < 1.29 is 19.4 Å². The third-order valence-electron chi connectivity index (χ3n) is 2.87. The average molecular weight is 253 g/mol. The van der Waals surface area contributed by atoms with Gasteiger partial charge in [-0.15, -0.1) is 0 Å². The van der Waals surface area contributed by atoms with Gasteiger partial charge in [0.05, 0.1) is 24.4 Å². The summed E-state index contributed by atoms with van der Waals surface area (Å²) in [6, 6.07) is 0. The van der Waals surface area contributed by atoms with Gasteiger partial charge in [-0.2, -0.15) is 5.10 Å². The average Bonchev–Trinajstić information content (AvgIpc) is 2.67. The lowest BCUT2D eigenvalue weighted by Gasteiger charge is -2.30. The highest BCUT2D eigenvalue weighted by Gasteiger charge is 2.30. The molecule has 0 saturated carbocycles. The fraction of sp³-hybridized carbons (Fsp3) is 0.545. The smallest absolute Gasteiger partial charge is 0.334 e. The summed E-state index contributed by atoms with van der Waals surface area (Å²) in [6.45, 7) is 2.46. The Morgan fingerprint density at radius 3 is 2.83 bits per heavy atom. The normalized spacial score (nSPS) is 19.9. The number of morpholine rings is 1. The zero-order valence-corrected chi connectivity index (χ0v) is 10.3. The van der Waals surface area contributed by atoms with Crippen molar-refractivity contribution in [1.82, 2.24) is 14.7 Å². The highest BCUT2D eigenvalue weighted by molar-refractivity contribution is 5.95. The van der Waals surface area contributed by atoms with E-state index in [1.807, 2.05) is 0 Å². The molecule has 1 fully saturated rings. The van der Waals surface area contributed by atoms with Crippen LogP contribution >= 0.6 is 0 Å². The quantitative estimate of drug-likeness (QED) is 0.779. The van der Waals surface area contributed by atoms with Gasteiger partial charge in [0, 0.05) is 19.8 Å². The number of carboxylic acid groups (broad SMARTS) is 1. The zero-order chi connectivity index (χ0) is 13.3. The highest BCUT2D eigenvalue weighted by Crippen LogP contribution is 2.13. The number of carbonyl (C=O) groups is 2. The first-order valence-corrected chi connectivity index (χ1v) is 5.63. The Kier molecular flexibility index (Phi) is 3.33. The molecule has 7 nitrogen and oxygen atoms in total. The van der Waals surface area contributed by atoms with Gasteiger partial charge in [-0.1, -0.05) is 0 Å². The third-order valence-corrected chi connectivity index (χ3v) is 2.87. The molecule has 18 heavy (non-hydrogen) atoms. The molecule has 0 radical (unpaired) electrons. The third kappa shape index (κ3) is 2.35. The van der Waals surface area contributed by atoms with E-state index in [0.717, 1.165) is 0 Å². The molecule has 1 amide bonds. The summed E-state index contributed by atoms with van der Waals surface area (Å²) in [6.07, 6.45) is 0.697. The van der Waals surface area contributed by atoms with Crippen LogP contribution in [0.2, 0.25) is 0 Å². The first kappa shape index (κ1) is 12.6. The molecule has 0 spiro atoms. The van der Waals surface area contributed by atoms with Gasteiger partial charge in [-0.3, -0.25) is 9.48 Å². The monoisotopic (exact) mass is 253 g/mol. The first-order valence-electron chi connectivity index (χ1n) is 5.63. The second-order valence-corrected chi connectivity index (χ2v) is 4.25. The Balaban J connectivity index is 2.14. The van der Waals surface area contributed by atoms with Crippen molar-refractivity contribution in [1.29, 1.82) is 0 Å². The van der Waals surface area contributed by atoms with E-state index in [-0.39, 0.29) is 19.1 Å². The number of aryl methyl sites for hydroxylation is 2. The van der Waals surface area contributed by atoms with Gasteiger partial charge in [0.15, 0.2) is 6.10 Å². The maximum atomic E-state index is 12.2. The minimum atomic E-state index is -1.05. The lowest BCUT2D eigenvalue weighted by molar-refractivity contribution is -0.154.